The molecule has 2 aromatic carbocycles. The highest BCUT2D eigenvalue weighted by molar-refractivity contribution is 8.00. The Morgan fingerprint density at radius 1 is 1.10 bits per heavy atom. The summed E-state index contributed by atoms with van der Waals surface area (Å²) in [5.74, 6) is -1.58. The molecule has 0 aliphatic carbocycles. The Kier molecular flexibility index (Phi) is 11.1. The maximum Gasteiger partial charge on any atom is 0.356 e. The van der Waals surface area contributed by atoms with Crippen LogP contribution in [0, 0.1) is 0 Å². The Morgan fingerprint density at radius 3 is 2.31 bits per heavy atom. The van der Waals surface area contributed by atoms with Crippen molar-refractivity contribution in [3.63, 3.8) is 0 Å². The number of hydrogen-bond acceptors (Lipinski definition) is 13. The molecule has 0 spiro atoms. The molecule has 3 N–H and O–H groups in total. The van der Waals surface area contributed by atoms with Crippen LogP contribution in [0.3, 0.4) is 0 Å². The molecule has 48 heavy (non-hydrogen) atoms. The van der Waals surface area contributed by atoms with E-state index in [9.17, 15) is 19.2 Å². The van der Waals surface area contributed by atoms with E-state index in [0.717, 1.165) is 28.0 Å². The first-order chi connectivity index (χ1) is 23.0. The number of hydrogen-bond donors (Lipinski definition) is 2. The normalized spacial score (nSPS) is 17.8. The monoisotopic (exact) mass is 709 g/mol. The minimum absolute atomic E-state index is 0.110. The van der Waals surface area contributed by atoms with Crippen LogP contribution in [0.25, 0.3) is 0 Å². The Hall–Kier alpha value is -4.34. The number of benzene rings is 2. The summed E-state index contributed by atoms with van der Waals surface area (Å²) in [4.78, 5) is 64.0. The van der Waals surface area contributed by atoms with E-state index >= 15 is 0 Å². The van der Waals surface area contributed by atoms with Gasteiger partial charge < -0.3 is 25.4 Å². The first-order valence-electron chi connectivity index (χ1n) is 14.9. The molecule has 5 rings (SSSR count). The van der Waals surface area contributed by atoms with Gasteiger partial charge in [0.05, 0.1) is 0 Å². The van der Waals surface area contributed by atoms with Crippen LogP contribution >= 0.6 is 34.9 Å². The van der Waals surface area contributed by atoms with Gasteiger partial charge in [0.25, 0.3) is 11.8 Å². The number of nitrogens with two attached hydrogens (primary N) is 1. The summed E-state index contributed by atoms with van der Waals surface area (Å²) in [5, 5.41) is 7.69. The summed E-state index contributed by atoms with van der Waals surface area (Å²) in [6.07, 6.45) is 1.22. The number of aromatic nitrogens is 1. The largest absolute Gasteiger partial charge is 0.457 e. The third-order valence-corrected chi connectivity index (χ3v) is 9.66. The van der Waals surface area contributed by atoms with Crippen molar-refractivity contribution in [3.05, 3.63) is 94.1 Å². The molecule has 1 fully saturated rings. The number of rotatable bonds is 12. The third kappa shape index (κ3) is 8.20. The molecule has 15 heteroatoms. The molecule has 0 saturated carbocycles. The van der Waals surface area contributed by atoms with Gasteiger partial charge in [-0.2, -0.15) is 11.8 Å². The molecule has 2 atom stereocenters. The Morgan fingerprint density at radius 2 is 1.75 bits per heavy atom. The van der Waals surface area contributed by atoms with E-state index in [1.807, 2.05) is 66.9 Å². The van der Waals surface area contributed by atoms with Crippen molar-refractivity contribution in [2.24, 2.45) is 5.16 Å². The summed E-state index contributed by atoms with van der Waals surface area (Å²) in [6.45, 7) is 4.58. The van der Waals surface area contributed by atoms with Gasteiger partial charge in [0.15, 0.2) is 16.9 Å². The summed E-state index contributed by atoms with van der Waals surface area (Å²) in [5.41, 5.74) is 7.42. The van der Waals surface area contributed by atoms with E-state index < -0.39 is 53.5 Å². The average Bonchev–Trinajstić information content (AvgIpc) is 3.49. The third-order valence-electron chi connectivity index (χ3n) is 7.01. The highest BCUT2D eigenvalue weighted by Gasteiger charge is 2.55. The summed E-state index contributed by atoms with van der Waals surface area (Å²) in [7, 11) is 0. The van der Waals surface area contributed by atoms with Gasteiger partial charge in [0.2, 0.25) is 6.61 Å². The second-order valence-corrected chi connectivity index (χ2v) is 14.6. The van der Waals surface area contributed by atoms with Gasteiger partial charge in [-0.15, -0.1) is 23.1 Å². The van der Waals surface area contributed by atoms with E-state index in [0.29, 0.717) is 11.5 Å². The van der Waals surface area contributed by atoms with Gasteiger partial charge in [0, 0.05) is 16.9 Å². The van der Waals surface area contributed by atoms with Crippen molar-refractivity contribution in [3.8, 4) is 0 Å². The van der Waals surface area contributed by atoms with E-state index in [2.05, 4.69) is 15.5 Å². The van der Waals surface area contributed by atoms with Crippen molar-refractivity contribution in [2.75, 3.05) is 30.1 Å². The van der Waals surface area contributed by atoms with Crippen LogP contribution in [-0.2, 0) is 33.5 Å². The van der Waals surface area contributed by atoms with E-state index in [4.69, 9.17) is 20.0 Å². The van der Waals surface area contributed by atoms with Crippen molar-refractivity contribution in [1.29, 1.82) is 0 Å². The number of ether oxygens (including phenoxy) is 2. The fourth-order valence-corrected chi connectivity index (χ4v) is 7.65. The second kappa shape index (κ2) is 15.3. The number of fused-ring (bicyclic) bond motifs is 1. The SMILES string of the molecule is CSCC1=C(C(=O)OC(c2ccccc2)c2ccccc2)N2C(=O)C(NC(=O)/C(=N/OCC(=O)OC(C)(C)C)c3csc(N)n3)[C@H]2SC1. The molecule has 2 aliphatic heterocycles. The van der Waals surface area contributed by atoms with Crippen LogP contribution in [0.5, 0.6) is 0 Å². The Balaban J connectivity index is 1.35. The quantitative estimate of drug-likeness (QED) is 0.120. The molecule has 2 amide bonds. The molecule has 1 saturated heterocycles. The number of β-lactam (4-membered cyclic amide) rings is 1. The summed E-state index contributed by atoms with van der Waals surface area (Å²) in [6, 6.07) is 17.8. The van der Waals surface area contributed by atoms with Crippen molar-refractivity contribution >= 4 is 69.5 Å². The lowest BCUT2D eigenvalue weighted by Gasteiger charge is -2.49. The van der Waals surface area contributed by atoms with Crippen LogP contribution in [0.4, 0.5) is 5.13 Å². The number of thiazole rings is 1. The number of anilines is 1. The summed E-state index contributed by atoms with van der Waals surface area (Å²) >= 11 is 4.05. The number of carbonyl (C=O) groups excluding carboxylic acids is 4. The lowest BCUT2D eigenvalue weighted by Crippen LogP contribution is -2.71. The van der Waals surface area contributed by atoms with Crippen LogP contribution in [0.1, 0.15) is 43.7 Å². The fourth-order valence-electron chi connectivity index (χ4n) is 5.04. The van der Waals surface area contributed by atoms with Crippen LogP contribution in [-0.4, -0.2) is 80.7 Å². The van der Waals surface area contributed by atoms with Crippen molar-refractivity contribution < 1.29 is 33.5 Å². The standard InChI is InChI=1S/C33H35N5O7S3/c1-33(2,3)45-23(39)15-43-37-24(22-18-48-32(34)35-22)28(40)36-25-29(41)38-26(21(16-46-4)17-47-30(25)38)31(42)44-27(19-11-7-5-8-12-19)20-13-9-6-10-14-20/h5-14,18,25,27,30H,15-17H2,1-4H3,(H2,34,35)(H,36,40)/b37-24+/t25?,30-/m1/s1. The first kappa shape index (κ1) is 35.0. The maximum absolute atomic E-state index is 14.0. The summed E-state index contributed by atoms with van der Waals surface area (Å²) < 4.78 is 11.4. The predicted molar refractivity (Wildman–Crippen MR) is 186 cm³/mol. The Labute approximate surface area is 290 Å². The topological polar surface area (TPSA) is 163 Å². The number of nitrogen functional groups attached to an aromatic ring is 1. The maximum atomic E-state index is 14.0. The second-order valence-electron chi connectivity index (χ2n) is 11.7. The zero-order valence-corrected chi connectivity index (χ0v) is 29.2. The smallest absolute Gasteiger partial charge is 0.356 e. The van der Waals surface area contributed by atoms with Gasteiger partial charge in [-0.1, -0.05) is 65.8 Å². The van der Waals surface area contributed by atoms with Gasteiger partial charge in [0.1, 0.15) is 28.4 Å². The predicted octanol–water partition coefficient (Wildman–Crippen LogP) is 4.14. The van der Waals surface area contributed by atoms with Gasteiger partial charge >= 0.3 is 11.9 Å². The van der Waals surface area contributed by atoms with E-state index in [1.54, 1.807) is 20.8 Å². The number of amides is 2. The zero-order chi connectivity index (χ0) is 34.4. The zero-order valence-electron chi connectivity index (χ0n) is 26.7. The minimum atomic E-state index is -0.979. The number of thioether (sulfide) groups is 2. The van der Waals surface area contributed by atoms with Crippen molar-refractivity contribution in [1.82, 2.24) is 15.2 Å². The molecule has 0 radical (unpaired) electrons. The fraction of sp³-hybridized carbons (Fsp3) is 0.333. The van der Waals surface area contributed by atoms with Gasteiger partial charge in [-0.25, -0.2) is 14.6 Å². The molecule has 12 nitrogen and oxygen atoms in total. The van der Waals surface area contributed by atoms with Crippen LogP contribution in [0.15, 0.2) is 82.5 Å². The molecular formula is C33H35N5O7S3. The lowest BCUT2D eigenvalue weighted by molar-refractivity contribution is -0.160. The van der Waals surface area contributed by atoms with Crippen LogP contribution < -0.4 is 11.1 Å². The number of carbonyl (C=O) groups is 4. The minimum Gasteiger partial charge on any atom is -0.457 e. The molecule has 2 aliphatic rings. The number of esters is 2. The number of nitrogens with one attached hydrogen (secondary N) is 1. The van der Waals surface area contributed by atoms with E-state index in [1.165, 1.54) is 33.8 Å². The lowest BCUT2D eigenvalue weighted by atomic mass is 10.0. The first-order valence-corrected chi connectivity index (χ1v) is 18.2. The van der Waals surface area contributed by atoms with Gasteiger partial charge in [-0.05, 0) is 43.7 Å². The van der Waals surface area contributed by atoms with Crippen molar-refractivity contribution in [2.45, 2.75) is 43.9 Å². The molecule has 0 bridgehead atoms. The Bertz CT molecular complexity index is 1680. The number of nitrogens with zero attached hydrogens (tertiary/aromatic N) is 3. The average molecular weight is 710 g/mol. The molecule has 1 unspecified atom stereocenters. The highest BCUT2D eigenvalue weighted by Crippen LogP contribution is 2.42. The highest BCUT2D eigenvalue weighted by atomic mass is 32.2. The number of oxime groups is 1. The molecule has 1 aromatic heterocycles. The molecule has 252 valence electrons. The van der Waals surface area contributed by atoms with Gasteiger partial charge in [-0.3, -0.25) is 14.5 Å². The molecule has 3 aromatic rings. The van der Waals surface area contributed by atoms with Crippen LogP contribution in [0.2, 0.25) is 0 Å². The molecular weight excluding hydrogens is 675 g/mol. The molecule has 3 heterocycles. The van der Waals surface area contributed by atoms with E-state index in [-0.39, 0.29) is 22.2 Å².